The van der Waals surface area contributed by atoms with Crippen LogP contribution in [-0.2, 0) is 9.53 Å². The number of amidine groups is 1. The first-order chi connectivity index (χ1) is 5.64. The van der Waals surface area contributed by atoms with E-state index in [0.29, 0.717) is 11.6 Å². The summed E-state index contributed by atoms with van der Waals surface area (Å²) >= 11 is 1.20. The van der Waals surface area contributed by atoms with Crippen LogP contribution in [0.25, 0.3) is 0 Å². The molecule has 0 aromatic rings. The maximum atomic E-state index is 11.3. The van der Waals surface area contributed by atoms with E-state index < -0.39 is 4.93 Å². The normalized spacial score (nSPS) is 29.2. The fourth-order valence-corrected chi connectivity index (χ4v) is 2.13. The van der Waals surface area contributed by atoms with Crippen LogP contribution in [0.1, 0.15) is 19.8 Å². The Kier molecular flexibility index (Phi) is 2.74. The number of thioether (sulfide) groups is 1. The van der Waals surface area contributed by atoms with Crippen molar-refractivity contribution in [1.82, 2.24) is 0 Å². The number of amides is 1. The first-order valence-electron chi connectivity index (χ1n) is 3.77. The molecule has 0 aromatic carbocycles. The Hall–Kier alpha value is -0.550. The van der Waals surface area contributed by atoms with Crippen LogP contribution in [0.4, 0.5) is 0 Å². The van der Waals surface area contributed by atoms with Gasteiger partial charge in [0, 0.05) is 7.11 Å². The maximum Gasteiger partial charge on any atom is 0.291 e. The minimum absolute atomic E-state index is 0.269. The Morgan fingerprint density at radius 3 is 2.75 bits per heavy atom. The Morgan fingerprint density at radius 2 is 2.42 bits per heavy atom. The summed E-state index contributed by atoms with van der Waals surface area (Å²) in [7, 11) is 1.51. The van der Waals surface area contributed by atoms with Crippen LogP contribution in [0.15, 0.2) is 4.99 Å². The van der Waals surface area contributed by atoms with Gasteiger partial charge >= 0.3 is 0 Å². The lowest BCUT2D eigenvalue weighted by Crippen LogP contribution is -2.33. The number of carbonyl (C=O) groups excluding carboxylic acids is 1. The number of methoxy groups -OCH3 is 1. The standard InChI is InChI=1S/C7H12N2O2S/c1-3-4-7(11-2)5(10)9-6(8)12-7/h3-4H2,1-2H3,(H2,8,9,10). The number of hydrogen-bond acceptors (Lipinski definition) is 4. The van der Waals surface area contributed by atoms with Gasteiger partial charge in [-0.25, -0.2) is 0 Å². The quantitative estimate of drug-likeness (QED) is 0.708. The van der Waals surface area contributed by atoms with E-state index in [1.54, 1.807) is 0 Å². The number of hydrogen-bond donors (Lipinski definition) is 1. The number of nitrogens with two attached hydrogens (primary N) is 1. The van der Waals surface area contributed by atoms with Gasteiger partial charge in [-0.1, -0.05) is 13.3 Å². The van der Waals surface area contributed by atoms with Gasteiger partial charge in [0.05, 0.1) is 0 Å². The van der Waals surface area contributed by atoms with Gasteiger partial charge in [-0.15, -0.1) is 0 Å². The van der Waals surface area contributed by atoms with E-state index in [1.165, 1.54) is 18.9 Å². The van der Waals surface area contributed by atoms with Gasteiger partial charge in [0.15, 0.2) is 5.17 Å². The molecule has 1 unspecified atom stereocenters. The second-order valence-corrected chi connectivity index (χ2v) is 3.85. The van der Waals surface area contributed by atoms with Crippen molar-refractivity contribution >= 4 is 22.8 Å². The average molecular weight is 188 g/mol. The molecule has 1 atom stereocenters. The van der Waals surface area contributed by atoms with Crippen LogP contribution in [0.2, 0.25) is 0 Å². The molecule has 1 aliphatic rings. The van der Waals surface area contributed by atoms with Crippen molar-refractivity contribution in [3.05, 3.63) is 0 Å². The van der Waals surface area contributed by atoms with Crippen LogP contribution >= 0.6 is 11.8 Å². The Bertz CT molecular complexity index is 229. The van der Waals surface area contributed by atoms with Crippen LogP contribution < -0.4 is 5.73 Å². The molecular formula is C7H12N2O2S. The zero-order valence-electron chi connectivity index (χ0n) is 7.16. The third-order valence-electron chi connectivity index (χ3n) is 1.72. The number of carbonyl (C=O) groups is 1. The van der Waals surface area contributed by atoms with Crippen LogP contribution in [0.3, 0.4) is 0 Å². The van der Waals surface area contributed by atoms with Crippen molar-refractivity contribution in [1.29, 1.82) is 0 Å². The van der Waals surface area contributed by atoms with Crippen molar-refractivity contribution in [3.8, 4) is 0 Å². The van der Waals surface area contributed by atoms with E-state index in [-0.39, 0.29) is 5.91 Å². The summed E-state index contributed by atoms with van der Waals surface area (Å²) in [5.74, 6) is -0.269. The summed E-state index contributed by atoms with van der Waals surface area (Å²) in [5.41, 5.74) is 5.42. The van der Waals surface area contributed by atoms with Crippen molar-refractivity contribution in [3.63, 3.8) is 0 Å². The first kappa shape index (κ1) is 9.54. The highest BCUT2D eigenvalue weighted by atomic mass is 32.2. The topological polar surface area (TPSA) is 64.7 Å². The predicted molar refractivity (Wildman–Crippen MR) is 48.9 cm³/mol. The molecule has 0 radical (unpaired) electrons. The third-order valence-corrected chi connectivity index (χ3v) is 2.89. The molecule has 12 heavy (non-hydrogen) atoms. The summed E-state index contributed by atoms with van der Waals surface area (Å²) in [6, 6.07) is 0. The van der Waals surface area contributed by atoms with Crippen molar-refractivity contribution in [2.75, 3.05) is 7.11 Å². The minimum Gasteiger partial charge on any atom is -0.378 e. The summed E-state index contributed by atoms with van der Waals surface area (Å²) in [6.45, 7) is 1.99. The Labute approximate surface area is 75.6 Å². The van der Waals surface area contributed by atoms with Gasteiger partial charge < -0.3 is 10.5 Å². The first-order valence-corrected chi connectivity index (χ1v) is 4.59. The molecule has 0 saturated carbocycles. The predicted octanol–water partition coefficient (Wildman–Crippen LogP) is 0.717. The van der Waals surface area contributed by atoms with E-state index >= 15 is 0 Å². The number of aliphatic imine (C=N–C) groups is 1. The fraction of sp³-hybridized carbons (Fsp3) is 0.714. The van der Waals surface area contributed by atoms with Crippen LogP contribution in [0.5, 0.6) is 0 Å². The zero-order chi connectivity index (χ0) is 9.19. The lowest BCUT2D eigenvalue weighted by Gasteiger charge is -2.21. The zero-order valence-corrected chi connectivity index (χ0v) is 7.98. The third kappa shape index (κ3) is 1.47. The van der Waals surface area contributed by atoms with Gasteiger partial charge in [-0.05, 0) is 18.2 Å². The molecule has 1 rings (SSSR count). The Morgan fingerprint density at radius 1 is 1.75 bits per heavy atom. The summed E-state index contributed by atoms with van der Waals surface area (Å²) < 4.78 is 5.14. The molecule has 0 fully saturated rings. The number of nitrogens with zero attached hydrogens (tertiary/aromatic N) is 1. The van der Waals surface area contributed by atoms with Crippen LogP contribution in [0, 0.1) is 0 Å². The molecule has 1 aliphatic heterocycles. The highest BCUT2D eigenvalue weighted by Crippen LogP contribution is 2.37. The molecule has 0 bridgehead atoms. The number of ether oxygens (including phenoxy) is 1. The minimum atomic E-state index is -0.834. The van der Waals surface area contributed by atoms with Crippen molar-refractivity contribution in [2.24, 2.45) is 10.7 Å². The highest BCUT2D eigenvalue weighted by Gasteiger charge is 2.44. The molecule has 4 nitrogen and oxygen atoms in total. The summed E-state index contributed by atoms with van der Waals surface area (Å²) in [5, 5.41) is 0.301. The molecule has 0 saturated heterocycles. The molecule has 0 aliphatic carbocycles. The SMILES string of the molecule is CCCC1(OC)SC(N)=NC1=O. The van der Waals surface area contributed by atoms with E-state index in [0.717, 1.165) is 6.42 Å². The van der Waals surface area contributed by atoms with Gasteiger partial charge in [-0.2, -0.15) is 4.99 Å². The molecule has 0 aromatic heterocycles. The lowest BCUT2D eigenvalue weighted by atomic mass is 10.2. The van der Waals surface area contributed by atoms with E-state index in [9.17, 15) is 4.79 Å². The van der Waals surface area contributed by atoms with Crippen molar-refractivity contribution < 1.29 is 9.53 Å². The molecule has 2 N–H and O–H groups in total. The molecular weight excluding hydrogens is 176 g/mol. The van der Waals surface area contributed by atoms with Gasteiger partial charge in [0.1, 0.15) is 0 Å². The maximum absolute atomic E-state index is 11.3. The second kappa shape index (κ2) is 3.45. The number of rotatable bonds is 3. The summed E-state index contributed by atoms with van der Waals surface area (Å²) in [6.07, 6.45) is 1.52. The van der Waals surface area contributed by atoms with E-state index in [4.69, 9.17) is 10.5 Å². The molecule has 0 spiro atoms. The van der Waals surface area contributed by atoms with E-state index in [1.807, 2.05) is 6.92 Å². The highest BCUT2D eigenvalue weighted by molar-refractivity contribution is 8.16. The average Bonchev–Trinajstić information content (AvgIpc) is 2.28. The monoisotopic (exact) mass is 188 g/mol. The van der Waals surface area contributed by atoms with Crippen LogP contribution in [-0.4, -0.2) is 23.1 Å². The second-order valence-electron chi connectivity index (χ2n) is 2.56. The molecule has 5 heteroatoms. The van der Waals surface area contributed by atoms with Crippen molar-refractivity contribution in [2.45, 2.75) is 24.7 Å². The Balaban J connectivity index is 2.77. The molecule has 68 valence electrons. The smallest absolute Gasteiger partial charge is 0.291 e. The van der Waals surface area contributed by atoms with Gasteiger partial charge in [-0.3, -0.25) is 4.79 Å². The van der Waals surface area contributed by atoms with Gasteiger partial charge in [0.25, 0.3) is 5.91 Å². The molecule has 1 heterocycles. The largest absolute Gasteiger partial charge is 0.378 e. The van der Waals surface area contributed by atoms with Gasteiger partial charge in [0.2, 0.25) is 4.93 Å². The molecule has 1 amide bonds. The van der Waals surface area contributed by atoms with E-state index in [2.05, 4.69) is 4.99 Å². The summed E-state index contributed by atoms with van der Waals surface area (Å²) in [4.78, 5) is 14.1. The lowest BCUT2D eigenvalue weighted by molar-refractivity contribution is -0.130. The fourth-order valence-electron chi connectivity index (χ4n) is 1.14.